The summed E-state index contributed by atoms with van der Waals surface area (Å²) in [6, 6.07) is 43.1. The summed E-state index contributed by atoms with van der Waals surface area (Å²) >= 11 is 0. The molecule has 0 aliphatic rings. The van der Waals surface area contributed by atoms with Gasteiger partial charge in [-0.15, -0.1) is 0 Å². The van der Waals surface area contributed by atoms with Gasteiger partial charge in [0.25, 0.3) is 0 Å². The topological polar surface area (TPSA) is 69.6 Å². The first-order valence-corrected chi connectivity index (χ1v) is 14.5. The molecule has 0 aliphatic carbocycles. The van der Waals surface area contributed by atoms with E-state index in [1.165, 1.54) is 0 Å². The lowest BCUT2D eigenvalue weighted by Crippen LogP contribution is -2.01. The number of aromatic nitrogens is 5. The largest absolute Gasteiger partial charge is 0.454 e. The standard InChI is InChI=1S/C38H23N5O/c1-3-11-24(12-4-1)30-21-31(25-13-5-2-6-14-25)42-38(41-30)32-22-40-35(23-39-32)43-33-17-9-7-15-26(33)28-19-20-29-27-16-8-10-18-34(27)44-37(29)36(28)43/h1-23H. The zero-order chi connectivity index (χ0) is 29.0. The van der Waals surface area contributed by atoms with E-state index >= 15 is 0 Å². The van der Waals surface area contributed by atoms with Crippen LogP contribution in [0.1, 0.15) is 0 Å². The van der Waals surface area contributed by atoms with E-state index in [-0.39, 0.29) is 0 Å². The van der Waals surface area contributed by atoms with Crippen molar-refractivity contribution < 1.29 is 4.42 Å². The van der Waals surface area contributed by atoms with Gasteiger partial charge in [0.15, 0.2) is 17.2 Å². The summed E-state index contributed by atoms with van der Waals surface area (Å²) in [7, 11) is 0. The molecule has 44 heavy (non-hydrogen) atoms. The number of benzene rings is 5. The molecule has 0 saturated heterocycles. The van der Waals surface area contributed by atoms with Crippen molar-refractivity contribution >= 4 is 43.7 Å². The van der Waals surface area contributed by atoms with E-state index < -0.39 is 0 Å². The Morgan fingerprint density at radius 3 is 1.84 bits per heavy atom. The fourth-order valence-corrected chi connectivity index (χ4v) is 6.10. The Balaban J connectivity index is 1.24. The molecule has 0 amide bonds. The molecule has 0 spiro atoms. The zero-order valence-electron chi connectivity index (χ0n) is 23.4. The van der Waals surface area contributed by atoms with Crippen LogP contribution in [-0.4, -0.2) is 24.5 Å². The molecule has 0 radical (unpaired) electrons. The molecule has 0 aliphatic heterocycles. The summed E-state index contributed by atoms with van der Waals surface area (Å²) in [4.78, 5) is 19.7. The number of hydrogen-bond donors (Lipinski definition) is 0. The van der Waals surface area contributed by atoms with Crippen molar-refractivity contribution in [2.45, 2.75) is 0 Å². The third kappa shape index (κ3) is 3.82. The van der Waals surface area contributed by atoms with Crippen LogP contribution in [0.15, 0.2) is 144 Å². The Labute approximate surface area is 251 Å². The minimum atomic E-state index is 0.520. The first-order valence-electron chi connectivity index (χ1n) is 14.5. The summed E-state index contributed by atoms with van der Waals surface area (Å²) < 4.78 is 8.61. The van der Waals surface area contributed by atoms with Crippen molar-refractivity contribution in [2.24, 2.45) is 0 Å². The fourth-order valence-electron chi connectivity index (χ4n) is 6.10. The molecule has 0 unspecified atom stereocenters. The van der Waals surface area contributed by atoms with Crippen molar-refractivity contribution in [3.05, 3.63) is 140 Å². The van der Waals surface area contributed by atoms with Crippen LogP contribution in [0.2, 0.25) is 0 Å². The van der Waals surface area contributed by atoms with Crippen LogP contribution in [0.4, 0.5) is 0 Å². The average molecular weight is 566 g/mol. The Morgan fingerprint density at radius 1 is 0.500 bits per heavy atom. The molecule has 206 valence electrons. The van der Waals surface area contributed by atoms with Crippen molar-refractivity contribution in [1.29, 1.82) is 0 Å². The van der Waals surface area contributed by atoms with Gasteiger partial charge in [-0.3, -0.25) is 4.57 Å². The maximum atomic E-state index is 6.47. The van der Waals surface area contributed by atoms with E-state index in [1.54, 1.807) is 12.4 Å². The van der Waals surface area contributed by atoms with Crippen LogP contribution >= 0.6 is 0 Å². The number of fused-ring (bicyclic) bond motifs is 7. The average Bonchev–Trinajstić information content (AvgIpc) is 3.65. The SMILES string of the molecule is c1ccc(-c2cc(-c3ccccc3)nc(-c3cnc(-n4c5ccccc5c5ccc6c7ccccc7oc6c54)cn3)n2)cc1. The first-order chi connectivity index (χ1) is 21.8. The lowest BCUT2D eigenvalue weighted by Gasteiger charge is -2.10. The van der Waals surface area contributed by atoms with Crippen LogP contribution < -0.4 is 0 Å². The molecular formula is C38H23N5O. The van der Waals surface area contributed by atoms with Gasteiger partial charge in [-0.05, 0) is 24.3 Å². The van der Waals surface area contributed by atoms with Gasteiger partial charge in [-0.25, -0.2) is 19.9 Å². The smallest absolute Gasteiger partial charge is 0.180 e. The minimum absolute atomic E-state index is 0.520. The second kappa shape index (κ2) is 9.71. The van der Waals surface area contributed by atoms with Gasteiger partial charge in [0.2, 0.25) is 0 Å². The van der Waals surface area contributed by atoms with Crippen molar-refractivity contribution in [2.75, 3.05) is 0 Å². The molecule has 4 heterocycles. The van der Waals surface area contributed by atoms with Gasteiger partial charge < -0.3 is 4.42 Å². The lowest BCUT2D eigenvalue weighted by atomic mass is 10.1. The Kier molecular flexibility index (Phi) is 5.40. The molecule has 6 heteroatoms. The van der Waals surface area contributed by atoms with E-state index in [9.17, 15) is 0 Å². The molecular weight excluding hydrogens is 542 g/mol. The summed E-state index contributed by atoms with van der Waals surface area (Å²) in [6.45, 7) is 0. The zero-order valence-corrected chi connectivity index (χ0v) is 23.4. The van der Waals surface area contributed by atoms with Crippen molar-refractivity contribution in [3.8, 4) is 39.9 Å². The van der Waals surface area contributed by atoms with Gasteiger partial charge in [0.1, 0.15) is 11.3 Å². The normalized spacial score (nSPS) is 11.6. The second-order valence-corrected chi connectivity index (χ2v) is 10.7. The highest BCUT2D eigenvalue weighted by molar-refractivity contribution is 6.21. The van der Waals surface area contributed by atoms with E-state index in [2.05, 4.69) is 65.2 Å². The van der Waals surface area contributed by atoms with Gasteiger partial charge >= 0.3 is 0 Å². The number of furan rings is 1. The summed E-state index contributed by atoms with van der Waals surface area (Å²) in [5, 5.41) is 4.39. The Hall–Kier alpha value is -6.14. The Morgan fingerprint density at radius 2 is 1.14 bits per heavy atom. The first kappa shape index (κ1) is 24.5. The third-order valence-electron chi connectivity index (χ3n) is 8.14. The predicted octanol–water partition coefficient (Wildman–Crippen LogP) is 9.26. The van der Waals surface area contributed by atoms with Crippen LogP contribution in [0.5, 0.6) is 0 Å². The summed E-state index contributed by atoms with van der Waals surface area (Å²) in [6.07, 6.45) is 3.55. The minimum Gasteiger partial charge on any atom is -0.454 e. The Bertz CT molecular complexity index is 2420. The number of para-hydroxylation sites is 2. The van der Waals surface area contributed by atoms with Crippen molar-refractivity contribution in [3.63, 3.8) is 0 Å². The molecule has 9 rings (SSSR count). The van der Waals surface area contributed by atoms with E-state index in [4.69, 9.17) is 24.4 Å². The molecule has 5 aromatic carbocycles. The number of nitrogens with zero attached hydrogens (tertiary/aromatic N) is 5. The van der Waals surface area contributed by atoms with Crippen LogP contribution in [0.3, 0.4) is 0 Å². The molecule has 0 saturated carbocycles. The molecule has 0 atom stereocenters. The van der Waals surface area contributed by atoms with Crippen LogP contribution in [-0.2, 0) is 0 Å². The predicted molar refractivity (Wildman–Crippen MR) is 176 cm³/mol. The number of rotatable bonds is 4. The monoisotopic (exact) mass is 565 g/mol. The highest BCUT2D eigenvalue weighted by atomic mass is 16.3. The molecule has 0 bridgehead atoms. The van der Waals surface area contributed by atoms with Gasteiger partial charge in [0, 0.05) is 32.7 Å². The maximum absolute atomic E-state index is 6.47. The highest BCUT2D eigenvalue weighted by Crippen LogP contribution is 2.39. The fraction of sp³-hybridized carbons (Fsp3) is 0. The van der Waals surface area contributed by atoms with E-state index in [0.717, 1.165) is 66.3 Å². The van der Waals surface area contributed by atoms with Gasteiger partial charge in [-0.2, -0.15) is 0 Å². The molecule has 6 nitrogen and oxygen atoms in total. The second-order valence-electron chi connectivity index (χ2n) is 10.7. The maximum Gasteiger partial charge on any atom is 0.180 e. The molecule has 0 fully saturated rings. The highest BCUT2D eigenvalue weighted by Gasteiger charge is 2.20. The third-order valence-corrected chi connectivity index (χ3v) is 8.14. The van der Waals surface area contributed by atoms with E-state index in [0.29, 0.717) is 17.3 Å². The summed E-state index contributed by atoms with van der Waals surface area (Å²) in [5.74, 6) is 1.21. The number of hydrogen-bond acceptors (Lipinski definition) is 5. The molecule has 4 aromatic heterocycles. The van der Waals surface area contributed by atoms with E-state index in [1.807, 2.05) is 66.7 Å². The molecule has 0 N–H and O–H groups in total. The lowest BCUT2D eigenvalue weighted by molar-refractivity contribution is 0.671. The van der Waals surface area contributed by atoms with Crippen molar-refractivity contribution in [1.82, 2.24) is 24.5 Å². The van der Waals surface area contributed by atoms with Crippen LogP contribution in [0.25, 0.3) is 83.6 Å². The van der Waals surface area contributed by atoms with Crippen LogP contribution in [0, 0.1) is 0 Å². The van der Waals surface area contributed by atoms with Gasteiger partial charge in [-0.1, -0.05) is 103 Å². The summed E-state index contributed by atoms with van der Waals surface area (Å²) in [5.41, 5.74) is 7.97. The molecule has 9 aromatic rings. The van der Waals surface area contributed by atoms with Gasteiger partial charge in [0.05, 0.1) is 34.8 Å². The quantitative estimate of drug-likeness (QED) is 0.213.